The molecule has 0 fully saturated rings. The summed E-state index contributed by atoms with van der Waals surface area (Å²) in [6, 6.07) is 6.60. The van der Waals surface area contributed by atoms with Gasteiger partial charge in [-0.15, -0.1) is 0 Å². The summed E-state index contributed by atoms with van der Waals surface area (Å²) >= 11 is 0. The minimum absolute atomic E-state index is 0.408. The minimum Gasteiger partial charge on any atom is -0.388 e. The molecule has 0 aliphatic heterocycles. The molecular weight excluding hydrogens is 221 g/mol. The van der Waals surface area contributed by atoms with Gasteiger partial charge in [-0.05, 0) is 18.1 Å². The molecule has 5 heteroatoms. The Bertz CT molecular complexity index is 349. The zero-order valence-corrected chi connectivity index (χ0v) is 8.70. The van der Waals surface area contributed by atoms with Crippen LogP contribution in [0.1, 0.15) is 23.7 Å². The van der Waals surface area contributed by atoms with Crippen molar-refractivity contribution in [2.75, 3.05) is 0 Å². The van der Waals surface area contributed by atoms with E-state index in [9.17, 15) is 18.3 Å². The van der Waals surface area contributed by atoms with Gasteiger partial charge >= 0.3 is 6.18 Å². The van der Waals surface area contributed by atoms with E-state index in [0.29, 0.717) is 11.1 Å². The number of aliphatic hydroxyl groups excluding tert-OH is 2. The first-order valence-corrected chi connectivity index (χ1v) is 4.80. The zero-order valence-electron chi connectivity index (χ0n) is 8.70. The Morgan fingerprint density at radius 2 is 1.75 bits per heavy atom. The van der Waals surface area contributed by atoms with Crippen LogP contribution in [0.4, 0.5) is 13.2 Å². The molecule has 0 aliphatic rings. The summed E-state index contributed by atoms with van der Waals surface area (Å²) in [6.45, 7) is 1.69. The molecule has 2 unspecified atom stereocenters. The van der Waals surface area contributed by atoms with Gasteiger partial charge in [-0.3, -0.25) is 0 Å². The number of hydrogen-bond acceptors (Lipinski definition) is 2. The molecule has 16 heavy (non-hydrogen) atoms. The van der Waals surface area contributed by atoms with Gasteiger partial charge in [-0.2, -0.15) is 13.2 Å². The SMILES string of the molecule is Cc1ccccc1C(O)CC(O)C(F)(F)F. The summed E-state index contributed by atoms with van der Waals surface area (Å²) in [6.07, 6.45) is -9.24. The van der Waals surface area contributed by atoms with Crippen molar-refractivity contribution in [2.45, 2.75) is 31.7 Å². The van der Waals surface area contributed by atoms with Gasteiger partial charge in [-0.1, -0.05) is 24.3 Å². The third-order valence-electron chi connectivity index (χ3n) is 2.37. The first-order chi connectivity index (χ1) is 7.32. The highest BCUT2D eigenvalue weighted by Gasteiger charge is 2.39. The van der Waals surface area contributed by atoms with Crippen LogP contribution in [0.15, 0.2) is 24.3 Å². The quantitative estimate of drug-likeness (QED) is 0.842. The average molecular weight is 234 g/mol. The van der Waals surface area contributed by atoms with Gasteiger partial charge in [0, 0.05) is 6.42 Å². The standard InChI is InChI=1S/C11H13F3O2/c1-7-4-2-3-5-8(7)9(15)6-10(16)11(12,13)14/h2-5,9-10,15-16H,6H2,1H3. The van der Waals surface area contributed by atoms with E-state index in [1.54, 1.807) is 31.2 Å². The van der Waals surface area contributed by atoms with Gasteiger partial charge in [0.1, 0.15) is 0 Å². The Hall–Kier alpha value is -1.07. The lowest BCUT2D eigenvalue weighted by Gasteiger charge is -2.19. The van der Waals surface area contributed by atoms with Crippen LogP contribution in [-0.4, -0.2) is 22.5 Å². The molecule has 0 radical (unpaired) electrons. The van der Waals surface area contributed by atoms with Crippen molar-refractivity contribution in [3.63, 3.8) is 0 Å². The number of alkyl halides is 3. The van der Waals surface area contributed by atoms with Gasteiger partial charge in [0.15, 0.2) is 6.10 Å². The molecule has 0 saturated heterocycles. The highest BCUT2D eigenvalue weighted by molar-refractivity contribution is 5.27. The maximum atomic E-state index is 12.1. The van der Waals surface area contributed by atoms with Crippen LogP contribution in [0.25, 0.3) is 0 Å². The molecule has 1 aromatic carbocycles. The molecule has 1 rings (SSSR count). The van der Waals surface area contributed by atoms with Crippen molar-refractivity contribution in [3.8, 4) is 0 Å². The van der Waals surface area contributed by atoms with Crippen molar-refractivity contribution < 1.29 is 23.4 Å². The molecule has 90 valence electrons. The van der Waals surface area contributed by atoms with Crippen molar-refractivity contribution in [1.29, 1.82) is 0 Å². The second kappa shape index (κ2) is 4.84. The molecule has 0 heterocycles. The molecule has 2 N–H and O–H groups in total. The summed E-state index contributed by atoms with van der Waals surface area (Å²) in [5, 5.41) is 18.4. The summed E-state index contributed by atoms with van der Waals surface area (Å²) < 4.78 is 36.2. The van der Waals surface area contributed by atoms with Crippen molar-refractivity contribution in [2.24, 2.45) is 0 Å². The highest BCUT2D eigenvalue weighted by atomic mass is 19.4. The number of aliphatic hydroxyl groups is 2. The average Bonchev–Trinajstić information content (AvgIpc) is 2.16. The smallest absolute Gasteiger partial charge is 0.388 e. The maximum absolute atomic E-state index is 12.1. The van der Waals surface area contributed by atoms with Crippen LogP contribution < -0.4 is 0 Å². The summed E-state index contributed by atoms with van der Waals surface area (Å²) in [7, 11) is 0. The Labute approximate surface area is 91.3 Å². The zero-order chi connectivity index (χ0) is 12.3. The molecule has 0 saturated carbocycles. The number of hydrogen-bond donors (Lipinski definition) is 2. The van der Waals surface area contributed by atoms with E-state index in [-0.39, 0.29) is 0 Å². The minimum atomic E-state index is -4.69. The van der Waals surface area contributed by atoms with E-state index in [1.165, 1.54) is 0 Å². The molecule has 0 bridgehead atoms. The fourth-order valence-corrected chi connectivity index (χ4v) is 1.43. The summed E-state index contributed by atoms with van der Waals surface area (Å²) in [4.78, 5) is 0. The van der Waals surface area contributed by atoms with Crippen molar-refractivity contribution >= 4 is 0 Å². The first kappa shape index (κ1) is 13.0. The largest absolute Gasteiger partial charge is 0.414 e. The number of halogens is 3. The van der Waals surface area contributed by atoms with Crippen LogP contribution in [-0.2, 0) is 0 Å². The van der Waals surface area contributed by atoms with Gasteiger partial charge < -0.3 is 10.2 Å². The first-order valence-electron chi connectivity index (χ1n) is 4.80. The van der Waals surface area contributed by atoms with Crippen LogP contribution in [0.3, 0.4) is 0 Å². The molecule has 2 atom stereocenters. The van der Waals surface area contributed by atoms with E-state index in [0.717, 1.165) is 0 Å². The number of benzene rings is 1. The normalized spacial score (nSPS) is 15.9. The third-order valence-corrected chi connectivity index (χ3v) is 2.37. The predicted molar refractivity (Wildman–Crippen MR) is 52.8 cm³/mol. The lowest BCUT2D eigenvalue weighted by molar-refractivity contribution is -0.211. The monoisotopic (exact) mass is 234 g/mol. The summed E-state index contributed by atoms with van der Waals surface area (Å²) in [5.74, 6) is 0. The second-order valence-electron chi connectivity index (χ2n) is 3.67. The Balaban J connectivity index is 2.73. The fourth-order valence-electron chi connectivity index (χ4n) is 1.43. The maximum Gasteiger partial charge on any atom is 0.414 e. The topological polar surface area (TPSA) is 40.5 Å². The van der Waals surface area contributed by atoms with Gasteiger partial charge in [0.25, 0.3) is 0 Å². The van der Waals surface area contributed by atoms with Gasteiger partial charge in [-0.25, -0.2) is 0 Å². The lowest BCUT2D eigenvalue weighted by Crippen LogP contribution is -2.30. The van der Waals surface area contributed by atoms with E-state index in [1.807, 2.05) is 0 Å². The highest BCUT2D eigenvalue weighted by Crippen LogP contribution is 2.29. The van der Waals surface area contributed by atoms with E-state index in [4.69, 9.17) is 5.11 Å². The van der Waals surface area contributed by atoms with Crippen LogP contribution in [0.5, 0.6) is 0 Å². The molecular formula is C11H13F3O2. The van der Waals surface area contributed by atoms with Crippen LogP contribution >= 0.6 is 0 Å². The Morgan fingerprint density at radius 1 is 1.19 bits per heavy atom. The molecule has 0 spiro atoms. The third kappa shape index (κ3) is 3.21. The van der Waals surface area contributed by atoms with E-state index < -0.39 is 24.8 Å². The number of rotatable bonds is 3. The number of aryl methyl sites for hydroxylation is 1. The molecule has 1 aromatic rings. The fraction of sp³-hybridized carbons (Fsp3) is 0.455. The van der Waals surface area contributed by atoms with Gasteiger partial charge in [0.05, 0.1) is 6.10 Å². The molecule has 0 amide bonds. The second-order valence-corrected chi connectivity index (χ2v) is 3.67. The van der Waals surface area contributed by atoms with Gasteiger partial charge in [0.2, 0.25) is 0 Å². The van der Waals surface area contributed by atoms with Crippen molar-refractivity contribution in [3.05, 3.63) is 35.4 Å². The lowest BCUT2D eigenvalue weighted by atomic mass is 9.99. The Kier molecular flexibility index (Phi) is 3.93. The molecule has 0 aromatic heterocycles. The Morgan fingerprint density at radius 3 is 2.25 bits per heavy atom. The van der Waals surface area contributed by atoms with Crippen LogP contribution in [0, 0.1) is 6.92 Å². The van der Waals surface area contributed by atoms with Crippen molar-refractivity contribution in [1.82, 2.24) is 0 Å². The van der Waals surface area contributed by atoms with E-state index in [2.05, 4.69) is 0 Å². The molecule has 2 nitrogen and oxygen atoms in total. The van der Waals surface area contributed by atoms with E-state index >= 15 is 0 Å². The predicted octanol–water partition coefficient (Wildman–Crippen LogP) is 2.34. The van der Waals surface area contributed by atoms with Crippen LogP contribution in [0.2, 0.25) is 0 Å². The summed E-state index contributed by atoms with van der Waals surface area (Å²) in [5.41, 5.74) is 1.11. The molecule has 0 aliphatic carbocycles.